The Morgan fingerprint density at radius 1 is 1.40 bits per heavy atom. The van der Waals surface area contributed by atoms with Gasteiger partial charge in [0.05, 0.1) is 17.8 Å². The van der Waals surface area contributed by atoms with Crippen molar-refractivity contribution in [3.63, 3.8) is 0 Å². The summed E-state index contributed by atoms with van der Waals surface area (Å²) in [5.74, 6) is 0.0985. The zero-order valence-electron chi connectivity index (χ0n) is 14.0. The number of hydrogen-bond donors (Lipinski definition) is 0. The number of piperidine rings is 1. The highest BCUT2D eigenvalue weighted by atomic mass is 32.2. The summed E-state index contributed by atoms with van der Waals surface area (Å²) in [5.41, 5.74) is -0.632. The van der Waals surface area contributed by atoms with Crippen LogP contribution in [-0.2, 0) is 24.5 Å². The molecule has 6 rings (SSSR count). The van der Waals surface area contributed by atoms with Gasteiger partial charge in [0.25, 0.3) is 0 Å². The smallest absolute Gasteiger partial charge is 0.339 e. The normalized spacial score (nSPS) is 45.3. The van der Waals surface area contributed by atoms with E-state index in [0.29, 0.717) is 12.8 Å². The SMILES string of the molecule is COC(=O)[C@]12C[C@@H]3CCC(=O)N4CC[C@]5(c6ccccc6S[C@@H]15)[C@@]34O2. The Bertz CT molecular complexity index is 842. The first-order valence-electron chi connectivity index (χ1n) is 8.95. The summed E-state index contributed by atoms with van der Waals surface area (Å²) in [6.45, 7) is 0.720. The van der Waals surface area contributed by atoms with Crippen LogP contribution in [0.4, 0.5) is 0 Å². The predicted octanol–water partition coefficient (Wildman–Crippen LogP) is 2.08. The maximum Gasteiger partial charge on any atom is 0.339 e. The minimum absolute atomic E-state index is 0.0167. The summed E-state index contributed by atoms with van der Waals surface area (Å²) in [6.07, 6.45) is 2.89. The van der Waals surface area contributed by atoms with Gasteiger partial charge in [-0.25, -0.2) is 4.79 Å². The maximum atomic E-state index is 12.9. The minimum atomic E-state index is -0.938. The van der Waals surface area contributed by atoms with E-state index >= 15 is 0 Å². The van der Waals surface area contributed by atoms with E-state index in [-0.39, 0.29) is 28.5 Å². The van der Waals surface area contributed by atoms with Gasteiger partial charge in [-0.1, -0.05) is 18.2 Å². The zero-order chi connectivity index (χ0) is 17.0. The highest BCUT2D eigenvalue weighted by molar-refractivity contribution is 8.00. The van der Waals surface area contributed by atoms with Crippen LogP contribution in [0.2, 0.25) is 0 Å². The Balaban J connectivity index is 1.66. The molecule has 5 aliphatic rings. The van der Waals surface area contributed by atoms with Gasteiger partial charge in [0, 0.05) is 23.8 Å². The number of rotatable bonds is 1. The number of benzene rings is 1. The number of carbonyl (C=O) groups is 2. The molecular formula is C19H19NO4S. The van der Waals surface area contributed by atoms with Gasteiger partial charge in [-0.2, -0.15) is 0 Å². The Labute approximate surface area is 150 Å². The van der Waals surface area contributed by atoms with Crippen molar-refractivity contribution in [2.24, 2.45) is 5.92 Å². The summed E-state index contributed by atoms with van der Waals surface area (Å²) in [7, 11) is 1.44. The van der Waals surface area contributed by atoms with Crippen LogP contribution in [0.3, 0.4) is 0 Å². The third kappa shape index (κ3) is 1.26. The summed E-state index contributed by atoms with van der Waals surface area (Å²) in [4.78, 5) is 28.9. The second kappa shape index (κ2) is 4.23. The molecule has 5 atom stereocenters. The molecule has 25 heavy (non-hydrogen) atoms. The first kappa shape index (κ1) is 14.6. The molecule has 4 saturated heterocycles. The van der Waals surface area contributed by atoms with Gasteiger partial charge in [-0.15, -0.1) is 11.8 Å². The van der Waals surface area contributed by atoms with Gasteiger partial charge in [-0.3, -0.25) is 4.79 Å². The molecule has 5 heterocycles. The van der Waals surface area contributed by atoms with E-state index in [1.165, 1.54) is 17.6 Å². The Hall–Kier alpha value is -1.53. The van der Waals surface area contributed by atoms with E-state index in [0.717, 1.165) is 19.4 Å². The quantitative estimate of drug-likeness (QED) is 0.721. The average Bonchev–Trinajstić information content (AvgIpc) is 3.31. The molecule has 130 valence electrons. The first-order valence-corrected chi connectivity index (χ1v) is 9.83. The van der Waals surface area contributed by atoms with Crippen molar-refractivity contribution in [2.45, 2.75) is 52.6 Å². The summed E-state index contributed by atoms with van der Waals surface area (Å²) in [6, 6.07) is 8.42. The number of methoxy groups -OCH3 is 1. The molecule has 5 nitrogen and oxygen atoms in total. The Morgan fingerprint density at radius 3 is 3.08 bits per heavy atom. The van der Waals surface area contributed by atoms with Crippen molar-refractivity contribution < 1.29 is 19.1 Å². The lowest BCUT2D eigenvalue weighted by Crippen LogP contribution is -2.64. The number of hydrogen-bond acceptors (Lipinski definition) is 5. The Morgan fingerprint density at radius 2 is 2.24 bits per heavy atom. The van der Waals surface area contributed by atoms with Crippen LogP contribution in [0.25, 0.3) is 0 Å². The van der Waals surface area contributed by atoms with Crippen LogP contribution in [0.15, 0.2) is 29.2 Å². The number of esters is 1. The van der Waals surface area contributed by atoms with E-state index in [4.69, 9.17) is 9.47 Å². The average molecular weight is 357 g/mol. The minimum Gasteiger partial charge on any atom is -0.467 e. The molecule has 2 spiro atoms. The molecule has 0 aromatic heterocycles. The van der Waals surface area contributed by atoms with Crippen LogP contribution < -0.4 is 0 Å². The second-order valence-electron chi connectivity index (χ2n) is 7.88. The lowest BCUT2D eigenvalue weighted by Gasteiger charge is -2.50. The lowest BCUT2D eigenvalue weighted by atomic mass is 9.57. The van der Waals surface area contributed by atoms with Gasteiger partial charge in [-0.05, 0) is 30.9 Å². The molecule has 0 saturated carbocycles. The van der Waals surface area contributed by atoms with Crippen molar-refractivity contribution in [1.82, 2.24) is 4.90 Å². The van der Waals surface area contributed by atoms with Crippen LogP contribution in [0, 0.1) is 5.92 Å². The fraction of sp³-hybridized carbons (Fsp3) is 0.579. The van der Waals surface area contributed by atoms with E-state index in [1.807, 2.05) is 11.0 Å². The van der Waals surface area contributed by atoms with Crippen molar-refractivity contribution >= 4 is 23.6 Å². The Kier molecular flexibility index (Phi) is 2.48. The second-order valence-corrected chi connectivity index (χ2v) is 9.03. The van der Waals surface area contributed by atoms with Gasteiger partial charge >= 0.3 is 5.97 Å². The van der Waals surface area contributed by atoms with E-state index in [1.54, 1.807) is 11.8 Å². The summed E-state index contributed by atoms with van der Waals surface area (Å²) in [5, 5.41) is -0.0167. The van der Waals surface area contributed by atoms with Crippen molar-refractivity contribution in [3.8, 4) is 0 Å². The van der Waals surface area contributed by atoms with Crippen LogP contribution >= 0.6 is 11.8 Å². The molecule has 5 aliphatic heterocycles. The molecule has 0 unspecified atom stereocenters. The molecule has 1 aromatic carbocycles. The van der Waals surface area contributed by atoms with Crippen molar-refractivity contribution in [3.05, 3.63) is 29.8 Å². The molecule has 0 aliphatic carbocycles. The highest BCUT2D eigenvalue weighted by Crippen LogP contribution is 2.77. The maximum absolute atomic E-state index is 12.9. The van der Waals surface area contributed by atoms with Gasteiger partial charge in [0.15, 0.2) is 11.3 Å². The molecule has 1 amide bonds. The molecular weight excluding hydrogens is 338 g/mol. The number of nitrogens with zero attached hydrogens (tertiary/aromatic N) is 1. The van der Waals surface area contributed by atoms with Crippen LogP contribution in [0.5, 0.6) is 0 Å². The van der Waals surface area contributed by atoms with Crippen LogP contribution in [-0.4, -0.2) is 47.0 Å². The molecule has 2 bridgehead atoms. The summed E-state index contributed by atoms with van der Waals surface area (Å²) < 4.78 is 11.9. The van der Waals surface area contributed by atoms with Gasteiger partial charge < -0.3 is 14.4 Å². The molecule has 0 N–H and O–H groups in total. The van der Waals surface area contributed by atoms with Gasteiger partial charge in [0.1, 0.15) is 0 Å². The van der Waals surface area contributed by atoms with E-state index in [9.17, 15) is 9.59 Å². The molecule has 6 heteroatoms. The molecule has 1 aromatic rings. The standard InChI is InChI=1S/C19H19NO4S/c1-23-16(22)18-10-11-6-7-14(21)20-9-8-17(19(11,20)24-18)12-4-2-3-5-13(12)25-15(17)18/h2-5,11,15H,6-10H2,1H3/t11-,15+,17+,18-,19-/m0/s1. The fourth-order valence-corrected chi connectivity index (χ4v) is 8.40. The summed E-state index contributed by atoms with van der Waals surface area (Å²) >= 11 is 1.75. The first-order chi connectivity index (χ1) is 12.1. The topological polar surface area (TPSA) is 55.8 Å². The number of ether oxygens (including phenoxy) is 2. The number of amides is 1. The van der Waals surface area contributed by atoms with Crippen molar-refractivity contribution in [2.75, 3.05) is 13.7 Å². The van der Waals surface area contributed by atoms with E-state index < -0.39 is 11.3 Å². The van der Waals surface area contributed by atoms with Gasteiger partial charge in [0.2, 0.25) is 5.91 Å². The zero-order valence-corrected chi connectivity index (χ0v) is 14.8. The number of thioether (sulfide) groups is 1. The van der Waals surface area contributed by atoms with Crippen LogP contribution in [0.1, 0.15) is 31.2 Å². The number of carbonyl (C=O) groups excluding carboxylic acids is 2. The third-order valence-electron chi connectivity index (χ3n) is 7.23. The highest BCUT2D eigenvalue weighted by Gasteiger charge is 2.87. The largest absolute Gasteiger partial charge is 0.467 e. The monoisotopic (exact) mass is 357 g/mol. The van der Waals surface area contributed by atoms with E-state index in [2.05, 4.69) is 18.2 Å². The molecule has 0 radical (unpaired) electrons. The third-order valence-corrected chi connectivity index (χ3v) is 8.86. The molecule has 4 fully saturated rings. The fourth-order valence-electron chi connectivity index (χ4n) is 6.56. The lowest BCUT2D eigenvalue weighted by molar-refractivity contribution is -0.195. The predicted molar refractivity (Wildman–Crippen MR) is 90.0 cm³/mol. The van der Waals surface area contributed by atoms with Crippen molar-refractivity contribution in [1.29, 1.82) is 0 Å². The number of fused-ring (bicyclic) bond motifs is 3.